The topological polar surface area (TPSA) is 109 Å². The number of benzene rings is 1. The highest BCUT2D eigenvalue weighted by molar-refractivity contribution is 14.1. The first-order chi connectivity index (χ1) is 16.7. The van der Waals surface area contributed by atoms with Crippen LogP contribution in [-0.2, 0) is 9.59 Å². The number of aryl methyl sites for hydroxylation is 2. The lowest BCUT2D eigenvalue weighted by Gasteiger charge is -2.29. The molecule has 186 valence electrons. The predicted octanol–water partition coefficient (Wildman–Crippen LogP) is 4.37. The number of hydrogen-bond acceptors (Lipinski definition) is 7. The lowest BCUT2D eigenvalue weighted by molar-refractivity contribution is -0.141. The van der Waals surface area contributed by atoms with Crippen molar-refractivity contribution in [2.45, 2.75) is 56.2 Å². The van der Waals surface area contributed by atoms with Gasteiger partial charge in [0.15, 0.2) is 0 Å². The van der Waals surface area contributed by atoms with Crippen LogP contribution in [0.3, 0.4) is 0 Å². The van der Waals surface area contributed by atoms with Crippen molar-refractivity contribution in [1.29, 1.82) is 0 Å². The number of carbonyl (C=O) groups excluding carboxylic acids is 2. The maximum absolute atomic E-state index is 13.5. The van der Waals surface area contributed by atoms with Gasteiger partial charge in [0.05, 0.1) is 27.9 Å². The van der Waals surface area contributed by atoms with E-state index in [9.17, 15) is 14.7 Å². The van der Waals surface area contributed by atoms with Gasteiger partial charge in [0.1, 0.15) is 21.8 Å². The van der Waals surface area contributed by atoms with Crippen LogP contribution in [0.15, 0.2) is 40.4 Å². The zero-order chi connectivity index (χ0) is 25.3. The fourth-order valence-corrected chi connectivity index (χ4v) is 5.97. The molecule has 10 heteroatoms. The molecule has 35 heavy (non-hydrogen) atoms. The van der Waals surface area contributed by atoms with Crippen molar-refractivity contribution in [1.82, 2.24) is 20.4 Å². The second-order valence-corrected chi connectivity index (χ2v) is 11.3. The Labute approximate surface area is 222 Å². The SMILES string of the molecule is Cc1cc(C(C(=O)N2CC(O)CC2C(=O)NC(I)c2ccc(-c3scnc3C)cc2)C(C)C)on1. The summed E-state index contributed by atoms with van der Waals surface area (Å²) in [4.78, 5) is 33.7. The predicted molar refractivity (Wildman–Crippen MR) is 142 cm³/mol. The van der Waals surface area contributed by atoms with Crippen LogP contribution in [0.4, 0.5) is 0 Å². The van der Waals surface area contributed by atoms with Crippen molar-refractivity contribution in [3.63, 3.8) is 0 Å². The summed E-state index contributed by atoms with van der Waals surface area (Å²) in [6, 6.07) is 9.02. The smallest absolute Gasteiger partial charge is 0.244 e. The molecule has 2 aromatic heterocycles. The highest BCUT2D eigenvalue weighted by atomic mass is 127. The Balaban J connectivity index is 1.47. The average molecular weight is 609 g/mol. The number of β-amino-alcohol motifs (C(OH)–C–C–N with tert-alkyl or cyclic N) is 1. The first-order valence-corrected chi connectivity index (χ1v) is 13.6. The van der Waals surface area contributed by atoms with Crippen LogP contribution < -0.4 is 5.32 Å². The molecule has 0 bridgehead atoms. The molecule has 1 aliphatic rings. The summed E-state index contributed by atoms with van der Waals surface area (Å²) < 4.78 is 5.10. The van der Waals surface area contributed by atoms with Crippen molar-refractivity contribution >= 4 is 45.7 Å². The van der Waals surface area contributed by atoms with E-state index in [2.05, 4.69) is 38.0 Å². The molecule has 4 unspecified atom stereocenters. The molecule has 1 aromatic carbocycles. The van der Waals surface area contributed by atoms with Crippen LogP contribution in [0.2, 0.25) is 0 Å². The summed E-state index contributed by atoms with van der Waals surface area (Å²) in [7, 11) is 0. The Morgan fingerprint density at radius 3 is 2.54 bits per heavy atom. The molecule has 8 nitrogen and oxygen atoms in total. The highest BCUT2D eigenvalue weighted by Crippen LogP contribution is 2.32. The first kappa shape index (κ1) is 25.8. The number of carbonyl (C=O) groups is 2. The van der Waals surface area contributed by atoms with E-state index < -0.39 is 18.1 Å². The average Bonchev–Trinajstić information content (AvgIpc) is 3.53. The number of nitrogens with zero attached hydrogens (tertiary/aromatic N) is 3. The number of halogens is 1. The molecule has 2 amide bonds. The molecule has 1 fully saturated rings. The van der Waals surface area contributed by atoms with Crippen LogP contribution in [0, 0.1) is 19.8 Å². The molecule has 0 radical (unpaired) electrons. The minimum Gasteiger partial charge on any atom is -0.391 e. The quantitative estimate of drug-likeness (QED) is 0.235. The van der Waals surface area contributed by atoms with Gasteiger partial charge in [-0.3, -0.25) is 9.59 Å². The number of aliphatic hydroxyl groups is 1. The number of hydrogen-bond donors (Lipinski definition) is 2. The monoisotopic (exact) mass is 608 g/mol. The summed E-state index contributed by atoms with van der Waals surface area (Å²) in [6.07, 6.45) is -0.557. The van der Waals surface area contributed by atoms with E-state index in [1.807, 2.05) is 50.5 Å². The van der Waals surface area contributed by atoms with Crippen LogP contribution in [0.1, 0.15) is 52.9 Å². The number of rotatable bonds is 7. The van der Waals surface area contributed by atoms with Crippen molar-refractivity contribution in [3.8, 4) is 10.4 Å². The van der Waals surface area contributed by atoms with Crippen LogP contribution >= 0.6 is 33.9 Å². The van der Waals surface area contributed by atoms with E-state index in [1.165, 1.54) is 4.90 Å². The first-order valence-electron chi connectivity index (χ1n) is 11.5. The van der Waals surface area contributed by atoms with Gasteiger partial charge >= 0.3 is 0 Å². The molecule has 1 saturated heterocycles. The fourth-order valence-electron chi connectivity index (χ4n) is 4.44. The maximum atomic E-state index is 13.5. The second kappa shape index (κ2) is 10.8. The molecule has 0 aliphatic carbocycles. The Bertz CT molecular complexity index is 1190. The van der Waals surface area contributed by atoms with E-state index in [0.717, 1.165) is 21.7 Å². The number of aliphatic hydroxyl groups excluding tert-OH is 1. The lowest BCUT2D eigenvalue weighted by Crippen LogP contribution is -2.48. The third kappa shape index (κ3) is 5.59. The number of aromatic nitrogens is 2. The summed E-state index contributed by atoms with van der Waals surface area (Å²) in [5.41, 5.74) is 5.54. The van der Waals surface area contributed by atoms with Gasteiger partial charge in [-0.25, -0.2) is 4.98 Å². The molecule has 4 rings (SSSR count). The van der Waals surface area contributed by atoms with Crippen LogP contribution in [0.5, 0.6) is 0 Å². The van der Waals surface area contributed by atoms with E-state index in [1.54, 1.807) is 24.3 Å². The normalized spacial score (nSPS) is 19.7. The van der Waals surface area contributed by atoms with Crippen LogP contribution in [-0.4, -0.2) is 50.7 Å². The number of alkyl halides is 1. The summed E-state index contributed by atoms with van der Waals surface area (Å²) in [5, 5.41) is 17.3. The van der Waals surface area contributed by atoms with E-state index >= 15 is 0 Å². The van der Waals surface area contributed by atoms with Crippen molar-refractivity contribution < 1.29 is 19.2 Å². The van der Waals surface area contributed by atoms with Gasteiger partial charge in [0, 0.05) is 19.0 Å². The summed E-state index contributed by atoms with van der Waals surface area (Å²) in [6.45, 7) is 7.76. The second-order valence-electron chi connectivity index (χ2n) is 9.25. The molecule has 3 heterocycles. The zero-order valence-corrected chi connectivity index (χ0v) is 23.0. The molecule has 0 spiro atoms. The molecule has 3 aromatic rings. The number of amides is 2. The lowest BCUT2D eigenvalue weighted by atomic mass is 9.91. The van der Waals surface area contributed by atoms with Gasteiger partial charge in [-0.05, 0) is 30.9 Å². The number of nitrogens with one attached hydrogen (secondary N) is 1. The van der Waals surface area contributed by atoms with Crippen molar-refractivity contribution in [2.75, 3.05) is 6.54 Å². The van der Waals surface area contributed by atoms with Gasteiger partial charge in [-0.15, -0.1) is 11.3 Å². The van der Waals surface area contributed by atoms with Crippen molar-refractivity contribution in [3.05, 3.63) is 58.6 Å². The molecule has 0 saturated carbocycles. The molecular weight excluding hydrogens is 579 g/mol. The molecule has 4 atom stereocenters. The Hall–Kier alpha value is -2.31. The van der Waals surface area contributed by atoms with E-state index in [0.29, 0.717) is 11.5 Å². The van der Waals surface area contributed by atoms with Crippen LogP contribution in [0.25, 0.3) is 10.4 Å². The number of thiazole rings is 1. The largest absolute Gasteiger partial charge is 0.391 e. The van der Waals surface area contributed by atoms with Gasteiger partial charge in [0.2, 0.25) is 11.8 Å². The Morgan fingerprint density at radius 1 is 1.26 bits per heavy atom. The Kier molecular flexibility index (Phi) is 7.92. The maximum Gasteiger partial charge on any atom is 0.244 e. The van der Waals surface area contributed by atoms with Gasteiger partial charge in [0.25, 0.3) is 0 Å². The van der Waals surface area contributed by atoms with Crippen molar-refractivity contribution in [2.24, 2.45) is 5.92 Å². The molecule has 1 aliphatic heterocycles. The standard InChI is InChI=1S/C25H29IN4O4S/c1-13(2)21(20-9-14(3)29-34-20)25(33)30-11-18(31)10-19(30)24(32)28-23(26)17-7-5-16(6-8-17)22-15(4)27-12-35-22/h5-9,12-13,18-19,21,23,31H,10-11H2,1-4H3,(H,28,32). The van der Waals surface area contributed by atoms with Gasteiger partial charge in [-0.2, -0.15) is 0 Å². The van der Waals surface area contributed by atoms with Gasteiger partial charge in [-0.1, -0.05) is 65.9 Å². The third-order valence-corrected chi connectivity index (χ3v) is 8.24. The highest BCUT2D eigenvalue weighted by Gasteiger charge is 2.43. The summed E-state index contributed by atoms with van der Waals surface area (Å²) >= 11 is 3.77. The third-order valence-electron chi connectivity index (χ3n) is 6.23. The minimum absolute atomic E-state index is 0.0608. The van der Waals surface area contributed by atoms with E-state index in [-0.39, 0.29) is 34.7 Å². The number of likely N-dealkylation sites (tertiary alicyclic amines) is 1. The van der Waals surface area contributed by atoms with E-state index in [4.69, 9.17) is 4.52 Å². The summed E-state index contributed by atoms with van der Waals surface area (Å²) in [5.74, 6) is -0.676. The fraction of sp³-hybridized carbons (Fsp3) is 0.440. The molecular formula is C25H29IN4O4S. The minimum atomic E-state index is -0.756. The Morgan fingerprint density at radius 2 is 1.97 bits per heavy atom. The zero-order valence-electron chi connectivity index (χ0n) is 20.1. The van der Waals surface area contributed by atoms with Gasteiger partial charge < -0.3 is 19.8 Å². The molecule has 2 N–H and O–H groups in total.